The fraction of sp³-hybridized carbons (Fsp3) is 0.571. The van der Waals surface area contributed by atoms with Gasteiger partial charge in [-0.1, -0.05) is 26.7 Å². The summed E-state index contributed by atoms with van der Waals surface area (Å²) in [6.45, 7) is 5.73. The number of nitrogens with zero attached hydrogens (tertiary/aromatic N) is 1. The van der Waals surface area contributed by atoms with Crippen molar-refractivity contribution >= 4 is 0 Å². The monoisotopic (exact) mass is 278 g/mol. The zero-order valence-corrected chi connectivity index (χ0v) is 11.7. The van der Waals surface area contributed by atoms with Crippen LogP contribution in [0.3, 0.4) is 0 Å². The van der Waals surface area contributed by atoms with Gasteiger partial charge in [-0.15, -0.1) is 6.42 Å². The van der Waals surface area contributed by atoms with Gasteiger partial charge in [0.1, 0.15) is 11.8 Å². The highest BCUT2D eigenvalue weighted by molar-refractivity contribution is 5.26. The molecule has 1 unspecified atom stereocenters. The van der Waals surface area contributed by atoms with E-state index in [1.165, 1.54) is 10.8 Å². The SMILES string of the molecule is C#Cc1cn([C@@H]2O[C@H](CO)C(C)C2(C)C)c(=O)[nH]c1=O. The Hall–Kier alpha value is -1.84. The number of aromatic amines is 1. The van der Waals surface area contributed by atoms with Crippen molar-refractivity contribution in [3.8, 4) is 12.3 Å². The Morgan fingerprint density at radius 2 is 2.20 bits per heavy atom. The van der Waals surface area contributed by atoms with Gasteiger partial charge < -0.3 is 9.84 Å². The van der Waals surface area contributed by atoms with Crippen LogP contribution < -0.4 is 11.2 Å². The molecule has 0 spiro atoms. The number of aromatic nitrogens is 2. The molecule has 0 saturated carbocycles. The zero-order chi connectivity index (χ0) is 15.1. The van der Waals surface area contributed by atoms with E-state index < -0.39 is 17.5 Å². The van der Waals surface area contributed by atoms with Crippen molar-refractivity contribution in [2.45, 2.75) is 33.1 Å². The number of terminal acetylenes is 1. The summed E-state index contributed by atoms with van der Waals surface area (Å²) >= 11 is 0. The normalized spacial score (nSPS) is 28.2. The van der Waals surface area contributed by atoms with E-state index in [1.807, 2.05) is 20.8 Å². The molecular formula is C14H18N2O4. The minimum Gasteiger partial charge on any atom is -0.394 e. The maximum atomic E-state index is 12.0. The topological polar surface area (TPSA) is 84.3 Å². The summed E-state index contributed by atoms with van der Waals surface area (Å²) in [5, 5.41) is 9.34. The Labute approximate surface area is 116 Å². The minimum atomic E-state index is -0.592. The van der Waals surface area contributed by atoms with E-state index in [2.05, 4.69) is 10.9 Å². The van der Waals surface area contributed by atoms with Crippen LogP contribution in [0.4, 0.5) is 0 Å². The average molecular weight is 278 g/mol. The number of hydrogen-bond acceptors (Lipinski definition) is 4. The predicted octanol–water partition coefficient (Wildman–Crippen LogP) is 0.0699. The molecule has 1 saturated heterocycles. The standard InChI is InChI=1S/C14H18N2O4/c1-5-9-6-16(13(19)15-11(9)18)12-14(3,4)8(2)10(7-17)20-12/h1,6,8,10,12,17H,7H2,2-4H3,(H,15,18,19)/t8?,10-,12-/m1/s1. The van der Waals surface area contributed by atoms with E-state index in [0.717, 1.165) is 0 Å². The van der Waals surface area contributed by atoms with Gasteiger partial charge in [-0.3, -0.25) is 14.3 Å². The molecule has 20 heavy (non-hydrogen) atoms. The number of hydrogen-bond donors (Lipinski definition) is 2. The van der Waals surface area contributed by atoms with E-state index in [0.29, 0.717) is 0 Å². The van der Waals surface area contributed by atoms with Crippen LogP contribution in [0.5, 0.6) is 0 Å². The van der Waals surface area contributed by atoms with Crippen molar-refractivity contribution in [1.82, 2.24) is 9.55 Å². The molecule has 6 heteroatoms. The van der Waals surface area contributed by atoms with E-state index in [4.69, 9.17) is 11.2 Å². The van der Waals surface area contributed by atoms with Gasteiger partial charge in [0.05, 0.1) is 12.7 Å². The molecule has 0 amide bonds. The van der Waals surface area contributed by atoms with Crippen molar-refractivity contribution in [2.75, 3.05) is 6.61 Å². The number of H-pyrrole nitrogens is 1. The maximum absolute atomic E-state index is 12.0. The molecule has 3 atom stereocenters. The van der Waals surface area contributed by atoms with Crippen LogP contribution in [-0.4, -0.2) is 27.4 Å². The number of aliphatic hydroxyl groups excluding tert-OH is 1. The summed E-state index contributed by atoms with van der Waals surface area (Å²) in [5.74, 6) is 2.29. The first-order valence-electron chi connectivity index (χ1n) is 6.41. The van der Waals surface area contributed by atoms with Gasteiger partial charge in [0.15, 0.2) is 0 Å². The van der Waals surface area contributed by atoms with Crippen LogP contribution in [0.25, 0.3) is 0 Å². The predicted molar refractivity (Wildman–Crippen MR) is 73.2 cm³/mol. The molecule has 2 N–H and O–H groups in total. The first kappa shape index (κ1) is 14.6. The Balaban J connectivity index is 2.55. The summed E-state index contributed by atoms with van der Waals surface area (Å²) in [6.07, 6.45) is 5.63. The fourth-order valence-electron chi connectivity index (χ4n) is 2.55. The van der Waals surface area contributed by atoms with E-state index >= 15 is 0 Å². The molecule has 2 rings (SSSR count). The molecule has 1 fully saturated rings. The van der Waals surface area contributed by atoms with Crippen molar-refractivity contribution in [3.63, 3.8) is 0 Å². The van der Waals surface area contributed by atoms with Crippen LogP contribution in [0.15, 0.2) is 15.8 Å². The van der Waals surface area contributed by atoms with Gasteiger partial charge in [-0.05, 0) is 5.92 Å². The summed E-state index contributed by atoms with van der Waals surface area (Å²) in [4.78, 5) is 25.7. The van der Waals surface area contributed by atoms with E-state index in [1.54, 1.807) is 0 Å². The zero-order valence-electron chi connectivity index (χ0n) is 11.7. The summed E-state index contributed by atoms with van der Waals surface area (Å²) in [7, 11) is 0. The summed E-state index contributed by atoms with van der Waals surface area (Å²) < 4.78 is 7.06. The second kappa shape index (κ2) is 4.93. The summed E-state index contributed by atoms with van der Waals surface area (Å²) in [6, 6.07) is 0. The van der Waals surface area contributed by atoms with Crippen LogP contribution in [0, 0.1) is 23.7 Å². The lowest BCUT2D eigenvalue weighted by Gasteiger charge is -2.30. The molecule has 6 nitrogen and oxygen atoms in total. The van der Waals surface area contributed by atoms with Gasteiger partial charge in [0, 0.05) is 11.6 Å². The maximum Gasteiger partial charge on any atom is 0.330 e. The lowest BCUT2D eigenvalue weighted by Crippen LogP contribution is -2.38. The lowest BCUT2D eigenvalue weighted by molar-refractivity contribution is -0.0501. The number of ether oxygens (including phenoxy) is 1. The Bertz CT molecular complexity index is 665. The van der Waals surface area contributed by atoms with E-state index in [-0.39, 0.29) is 29.6 Å². The fourth-order valence-corrected chi connectivity index (χ4v) is 2.55. The Morgan fingerprint density at radius 3 is 2.70 bits per heavy atom. The molecule has 0 aliphatic carbocycles. The third kappa shape index (κ3) is 2.09. The van der Waals surface area contributed by atoms with Crippen LogP contribution in [0.1, 0.15) is 32.6 Å². The quantitative estimate of drug-likeness (QED) is 0.750. The smallest absolute Gasteiger partial charge is 0.330 e. The van der Waals surface area contributed by atoms with Crippen molar-refractivity contribution < 1.29 is 9.84 Å². The lowest BCUT2D eigenvalue weighted by atomic mass is 9.78. The second-order valence-electron chi connectivity index (χ2n) is 5.67. The van der Waals surface area contributed by atoms with Gasteiger partial charge in [-0.25, -0.2) is 4.79 Å². The van der Waals surface area contributed by atoms with Gasteiger partial charge in [-0.2, -0.15) is 0 Å². The number of rotatable bonds is 2. The third-order valence-electron chi connectivity index (χ3n) is 4.23. The van der Waals surface area contributed by atoms with Crippen LogP contribution in [0.2, 0.25) is 0 Å². The van der Waals surface area contributed by atoms with Crippen LogP contribution in [-0.2, 0) is 4.74 Å². The molecular weight excluding hydrogens is 260 g/mol. The number of aliphatic hydroxyl groups is 1. The first-order chi connectivity index (χ1) is 9.32. The van der Waals surface area contributed by atoms with Crippen molar-refractivity contribution in [3.05, 3.63) is 32.6 Å². The van der Waals surface area contributed by atoms with Crippen molar-refractivity contribution in [1.29, 1.82) is 0 Å². The third-order valence-corrected chi connectivity index (χ3v) is 4.23. The molecule has 0 bridgehead atoms. The molecule has 1 aliphatic heterocycles. The summed E-state index contributed by atoms with van der Waals surface area (Å²) in [5.41, 5.74) is -1.47. The number of nitrogens with one attached hydrogen (secondary N) is 1. The molecule has 1 aromatic rings. The molecule has 2 heterocycles. The Kier molecular flexibility index (Phi) is 3.59. The second-order valence-corrected chi connectivity index (χ2v) is 5.67. The molecule has 0 radical (unpaired) electrons. The molecule has 108 valence electrons. The van der Waals surface area contributed by atoms with Crippen LogP contribution >= 0.6 is 0 Å². The Morgan fingerprint density at radius 1 is 1.55 bits per heavy atom. The average Bonchev–Trinajstić information content (AvgIpc) is 2.62. The van der Waals surface area contributed by atoms with E-state index in [9.17, 15) is 14.7 Å². The highest BCUT2D eigenvalue weighted by Gasteiger charge is 2.49. The van der Waals surface area contributed by atoms with Crippen molar-refractivity contribution in [2.24, 2.45) is 11.3 Å². The molecule has 1 aromatic heterocycles. The highest BCUT2D eigenvalue weighted by atomic mass is 16.5. The van der Waals surface area contributed by atoms with Gasteiger partial charge >= 0.3 is 5.69 Å². The largest absolute Gasteiger partial charge is 0.394 e. The van der Waals surface area contributed by atoms with Gasteiger partial charge in [0.25, 0.3) is 5.56 Å². The molecule has 0 aromatic carbocycles. The van der Waals surface area contributed by atoms with Gasteiger partial charge in [0.2, 0.25) is 0 Å². The molecule has 1 aliphatic rings. The minimum absolute atomic E-state index is 0.0469. The first-order valence-corrected chi connectivity index (χ1v) is 6.41. The highest BCUT2D eigenvalue weighted by Crippen LogP contribution is 2.48.